The van der Waals surface area contributed by atoms with E-state index in [1.807, 2.05) is 0 Å². The van der Waals surface area contributed by atoms with Gasteiger partial charge in [-0.1, -0.05) is 12.1 Å². The number of hydrogen-bond acceptors (Lipinski definition) is 5. The summed E-state index contributed by atoms with van der Waals surface area (Å²) < 4.78 is 60.5. The lowest BCUT2D eigenvalue weighted by atomic mass is 9.86. The largest absolute Gasteiger partial charge is 0.619 e. The zero-order valence-corrected chi connectivity index (χ0v) is 17.8. The van der Waals surface area contributed by atoms with E-state index in [0.717, 1.165) is 11.6 Å². The van der Waals surface area contributed by atoms with Crippen molar-refractivity contribution in [3.05, 3.63) is 88.6 Å². The number of alkyl halides is 4. The molecule has 2 aromatic heterocycles. The van der Waals surface area contributed by atoms with Gasteiger partial charge in [0.1, 0.15) is 5.60 Å². The molecule has 33 heavy (non-hydrogen) atoms. The fourth-order valence-electron chi connectivity index (χ4n) is 3.34. The number of aliphatic hydroxyl groups is 1. The number of benzene rings is 1. The van der Waals surface area contributed by atoms with Crippen molar-refractivity contribution in [2.75, 3.05) is 0 Å². The van der Waals surface area contributed by atoms with Crippen molar-refractivity contribution in [1.82, 2.24) is 4.98 Å². The average molecular weight is 466 g/mol. The quantitative estimate of drug-likeness (QED) is 0.285. The summed E-state index contributed by atoms with van der Waals surface area (Å²) in [5.74, 6) is -1.51. The van der Waals surface area contributed by atoms with Crippen LogP contribution in [0, 0.1) is 5.21 Å². The van der Waals surface area contributed by atoms with E-state index in [1.165, 1.54) is 24.5 Å². The van der Waals surface area contributed by atoms with Crippen molar-refractivity contribution < 1.29 is 36.9 Å². The van der Waals surface area contributed by atoms with Crippen LogP contribution in [0.5, 0.6) is 11.5 Å². The highest BCUT2D eigenvalue weighted by Crippen LogP contribution is 2.37. The molecule has 2 heterocycles. The summed E-state index contributed by atoms with van der Waals surface area (Å²) in [6.45, 7) is -3.28. The van der Waals surface area contributed by atoms with Gasteiger partial charge in [0.05, 0.1) is 5.69 Å². The summed E-state index contributed by atoms with van der Waals surface area (Å²) in [6.07, 6.45) is 4.54. The highest BCUT2D eigenvalue weighted by Gasteiger charge is 2.23. The molecule has 0 saturated carbocycles. The second-order valence-corrected chi connectivity index (χ2v) is 7.82. The number of pyridine rings is 2. The van der Waals surface area contributed by atoms with Crippen LogP contribution in [0.25, 0.3) is 0 Å². The Kier molecular flexibility index (Phi) is 7.37. The molecule has 0 saturated heterocycles. The number of ether oxygens (including phenoxy) is 2. The molecule has 0 radical (unpaired) electrons. The summed E-state index contributed by atoms with van der Waals surface area (Å²) in [5.41, 5.74) is 1.18. The maximum atomic E-state index is 12.9. The predicted octanol–water partition coefficient (Wildman–Crippen LogP) is 4.52. The molecule has 1 atom stereocenters. The van der Waals surface area contributed by atoms with Crippen LogP contribution in [-0.4, -0.2) is 23.3 Å². The molecular weight excluding hydrogens is 444 g/mol. The number of aromatic nitrogens is 2. The lowest BCUT2D eigenvalue weighted by molar-refractivity contribution is -0.605. The second-order valence-electron chi connectivity index (χ2n) is 7.82. The molecule has 0 fully saturated rings. The Labute approximate surface area is 187 Å². The molecule has 1 N–H and O–H groups in total. The van der Waals surface area contributed by atoms with Crippen molar-refractivity contribution in [1.29, 1.82) is 0 Å². The molecule has 10 heteroatoms. The SMILES string of the molecule is CC(C)(O)c1ccc([C@H](Cc2cc[n+]([O-])cc2)c2ccc(OC(F)F)c(OC(F)F)c2)cn1. The van der Waals surface area contributed by atoms with Crippen molar-refractivity contribution in [2.24, 2.45) is 0 Å². The molecule has 0 aliphatic heterocycles. The minimum atomic E-state index is -3.24. The summed E-state index contributed by atoms with van der Waals surface area (Å²) in [5, 5.41) is 21.5. The Morgan fingerprint density at radius 3 is 2.09 bits per heavy atom. The van der Waals surface area contributed by atoms with E-state index in [1.54, 1.807) is 44.3 Å². The topological polar surface area (TPSA) is 78.5 Å². The van der Waals surface area contributed by atoms with Crippen molar-refractivity contribution in [3.8, 4) is 11.5 Å². The Balaban J connectivity index is 2.05. The minimum absolute atomic E-state index is 0.341. The molecule has 0 bridgehead atoms. The van der Waals surface area contributed by atoms with Crippen LogP contribution in [0.4, 0.5) is 17.6 Å². The summed E-state index contributed by atoms with van der Waals surface area (Å²) in [7, 11) is 0. The summed E-state index contributed by atoms with van der Waals surface area (Å²) >= 11 is 0. The van der Waals surface area contributed by atoms with Crippen LogP contribution in [0.3, 0.4) is 0 Å². The monoisotopic (exact) mass is 466 g/mol. The van der Waals surface area contributed by atoms with Gasteiger partial charge in [-0.3, -0.25) is 4.98 Å². The molecule has 176 valence electrons. The summed E-state index contributed by atoms with van der Waals surface area (Å²) in [6, 6.07) is 10.4. The van der Waals surface area contributed by atoms with Crippen LogP contribution in [0.2, 0.25) is 0 Å². The van der Waals surface area contributed by atoms with Gasteiger partial charge in [0.25, 0.3) is 0 Å². The molecule has 0 aliphatic carbocycles. The number of rotatable bonds is 9. The van der Waals surface area contributed by atoms with Gasteiger partial charge in [0, 0.05) is 24.2 Å². The van der Waals surface area contributed by atoms with Crippen LogP contribution in [0.15, 0.2) is 61.1 Å². The Bertz CT molecular complexity index is 1060. The van der Waals surface area contributed by atoms with Gasteiger partial charge in [0.15, 0.2) is 23.9 Å². The van der Waals surface area contributed by atoms with Crippen LogP contribution in [0.1, 0.15) is 42.1 Å². The zero-order valence-electron chi connectivity index (χ0n) is 17.8. The first-order valence-electron chi connectivity index (χ1n) is 9.93. The average Bonchev–Trinajstić information content (AvgIpc) is 2.73. The van der Waals surface area contributed by atoms with Gasteiger partial charge in [-0.2, -0.15) is 22.3 Å². The second kappa shape index (κ2) is 10.0. The maximum Gasteiger partial charge on any atom is 0.387 e. The lowest BCUT2D eigenvalue weighted by Crippen LogP contribution is -2.24. The van der Waals surface area contributed by atoms with Gasteiger partial charge in [-0.15, -0.1) is 0 Å². The number of halogens is 4. The fraction of sp³-hybridized carbons (Fsp3) is 0.304. The van der Waals surface area contributed by atoms with Gasteiger partial charge in [-0.25, -0.2) is 0 Å². The molecule has 3 rings (SSSR count). The van der Waals surface area contributed by atoms with E-state index < -0.39 is 36.2 Å². The first-order chi connectivity index (χ1) is 15.5. The Hall–Kier alpha value is -3.40. The van der Waals surface area contributed by atoms with E-state index in [0.29, 0.717) is 28.0 Å². The van der Waals surface area contributed by atoms with E-state index in [4.69, 9.17) is 0 Å². The number of nitrogens with zero attached hydrogens (tertiary/aromatic N) is 2. The third kappa shape index (κ3) is 6.55. The maximum absolute atomic E-state index is 12.9. The Morgan fingerprint density at radius 2 is 1.55 bits per heavy atom. The highest BCUT2D eigenvalue weighted by molar-refractivity contribution is 5.46. The van der Waals surface area contributed by atoms with Gasteiger partial charge in [-0.05, 0) is 55.2 Å². The smallest absolute Gasteiger partial charge is 0.387 e. The van der Waals surface area contributed by atoms with Crippen LogP contribution >= 0.6 is 0 Å². The molecule has 6 nitrogen and oxygen atoms in total. The van der Waals surface area contributed by atoms with Crippen LogP contribution < -0.4 is 14.2 Å². The predicted molar refractivity (Wildman–Crippen MR) is 110 cm³/mol. The van der Waals surface area contributed by atoms with E-state index >= 15 is 0 Å². The molecule has 3 aromatic rings. The normalized spacial score (nSPS) is 12.8. The fourth-order valence-corrected chi connectivity index (χ4v) is 3.34. The van der Waals surface area contributed by atoms with Crippen molar-refractivity contribution >= 4 is 0 Å². The third-order valence-electron chi connectivity index (χ3n) is 4.93. The summed E-state index contributed by atoms with van der Waals surface area (Å²) in [4.78, 5) is 4.30. The first-order valence-corrected chi connectivity index (χ1v) is 9.93. The van der Waals surface area contributed by atoms with Crippen molar-refractivity contribution in [3.63, 3.8) is 0 Å². The molecule has 0 aliphatic rings. The molecule has 1 aromatic carbocycles. The minimum Gasteiger partial charge on any atom is -0.619 e. The highest BCUT2D eigenvalue weighted by atomic mass is 19.3. The number of hydrogen-bond donors (Lipinski definition) is 1. The molecule has 0 spiro atoms. The van der Waals surface area contributed by atoms with Gasteiger partial charge in [0.2, 0.25) is 0 Å². The van der Waals surface area contributed by atoms with E-state index in [-0.39, 0.29) is 0 Å². The molecule has 0 amide bonds. The standard InChI is InChI=1S/C23H22F4N2O4/c1-23(2,30)20-6-4-16(13-28-20)17(11-14-7-9-29(31)10-8-14)15-3-5-18(32-21(24)25)19(12-15)33-22(26)27/h3-10,12-13,17,21-22,30H,11H2,1-2H3/t17-/m1/s1. The zero-order chi connectivity index (χ0) is 24.2. The molecular formula is C23H22F4N2O4. The van der Waals surface area contributed by atoms with E-state index in [9.17, 15) is 27.9 Å². The Morgan fingerprint density at radius 1 is 0.939 bits per heavy atom. The molecule has 0 unspecified atom stereocenters. The van der Waals surface area contributed by atoms with Gasteiger partial charge < -0.3 is 19.8 Å². The van der Waals surface area contributed by atoms with Gasteiger partial charge >= 0.3 is 13.2 Å². The lowest BCUT2D eigenvalue weighted by Gasteiger charge is -2.22. The third-order valence-corrected chi connectivity index (χ3v) is 4.93. The van der Waals surface area contributed by atoms with Crippen molar-refractivity contribution in [2.45, 2.75) is 45.0 Å². The first kappa shape index (κ1) is 24.2. The van der Waals surface area contributed by atoms with Crippen LogP contribution in [-0.2, 0) is 12.0 Å². The van der Waals surface area contributed by atoms with E-state index in [2.05, 4.69) is 14.5 Å².